The third kappa shape index (κ3) is 24.3. The van der Waals surface area contributed by atoms with E-state index in [1.165, 1.54) is 0 Å². The second kappa shape index (κ2) is 9.12. The van der Waals surface area contributed by atoms with Crippen molar-refractivity contribution in [2.24, 2.45) is 5.73 Å². The van der Waals surface area contributed by atoms with Crippen molar-refractivity contribution >= 4 is 29.2 Å². The second-order valence-corrected chi connectivity index (χ2v) is 2.58. The molecule has 0 heterocycles. The van der Waals surface area contributed by atoms with Crippen molar-refractivity contribution < 1.29 is 15.3 Å². The first-order valence-corrected chi connectivity index (χ1v) is 3.28. The van der Waals surface area contributed by atoms with E-state index in [1.54, 1.807) is 0 Å². The van der Waals surface area contributed by atoms with Gasteiger partial charge in [-0.2, -0.15) is 0 Å². The van der Waals surface area contributed by atoms with Gasteiger partial charge in [-0.3, -0.25) is 0 Å². The number of aliphatic hydroxyl groups excluding tert-OH is 3. The van der Waals surface area contributed by atoms with Crippen molar-refractivity contribution in [3.63, 3.8) is 0 Å². The first kappa shape index (κ1) is 12.8. The Labute approximate surface area is 70.1 Å². The fraction of sp³-hybridized carbons (Fsp3) is 0.750. The molecule has 0 aliphatic heterocycles. The average Bonchev–Trinajstić information content (AvgIpc) is 1.85. The summed E-state index contributed by atoms with van der Waals surface area (Å²) < 4.78 is 0.194. The minimum Gasteiger partial charge on any atom is -0.394 e. The fourth-order valence-corrected chi connectivity index (χ4v) is 0.0577. The lowest BCUT2D eigenvalue weighted by molar-refractivity contribution is 0.0450. The molecule has 0 saturated carbocycles. The van der Waals surface area contributed by atoms with Gasteiger partial charge in [-0.25, -0.2) is 0 Å². The minimum absolute atomic E-state index is 0.194. The van der Waals surface area contributed by atoms with E-state index < -0.39 is 6.10 Å². The third-order valence-electron chi connectivity index (χ3n) is 0.421. The van der Waals surface area contributed by atoms with E-state index in [4.69, 9.17) is 21.1 Å². The van der Waals surface area contributed by atoms with Crippen LogP contribution in [0.1, 0.15) is 0 Å². The molecular formula is C4H11NO3S2. The van der Waals surface area contributed by atoms with E-state index in [9.17, 15) is 0 Å². The van der Waals surface area contributed by atoms with Crippen LogP contribution in [0.4, 0.5) is 0 Å². The maximum Gasteiger partial charge on any atom is 0.128 e. The quantitative estimate of drug-likeness (QED) is 0.267. The lowest BCUT2D eigenvalue weighted by Gasteiger charge is -1.96. The molecule has 10 heavy (non-hydrogen) atoms. The van der Waals surface area contributed by atoms with Gasteiger partial charge in [0.1, 0.15) is 10.4 Å². The van der Waals surface area contributed by atoms with E-state index in [-0.39, 0.29) is 17.5 Å². The summed E-state index contributed by atoms with van der Waals surface area (Å²) in [4.78, 5) is 0. The molecule has 0 aromatic carbocycles. The molecule has 5 N–H and O–H groups in total. The van der Waals surface area contributed by atoms with Crippen molar-refractivity contribution in [3.05, 3.63) is 0 Å². The van der Waals surface area contributed by atoms with Gasteiger partial charge in [-0.05, 0) is 0 Å². The Morgan fingerprint density at radius 2 is 1.70 bits per heavy atom. The maximum absolute atomic E-state index is 8.17. The molecule has 62 valence electrons. The van der Waals surface area contributed by atoms with Gasteiger partial charge in [0.15, 0.2) is 0 Å². The molecular weight excluding hydrogens is 174 g/mol. The summed E-state index contributed by atoms with van der Waals surface area (Å²) in [5, 5.41) is 24.0. The molecule has 6 heteroatoms. The lowest BCUT2D eigenvalue weighted by atomic mass is 10.4. The van der Waals surface area contributed by atoms with Gasteiger partial charge in [0, 0.05) is 0 Å². The van der Waals surface area contributed by atoms with E-state index in [0.29, 0.717) is 0 Å². The Balaban J connectivity index is 0. The molecule has 0 atom stereocenters. The molecule has 0 bridgehead atoms. The standard InChI is InChI=1S/C3H8O3.CH3NS2/c4-1-3(6)2-5;2-1(3)4/h3-6H,1-2H2;(H3,2,3,4). The number of thiocarbonyl (C=S) groups is 1. The van der Waals surface area contributed by atoms with Crippen LogP contribution in [0.5, 0.6) is 0 Å². The van der Waals surface area contributed by atoms with Crippen LogP contribution in [0.2, 0.25) is 0 Å². The zero-order chi connectivity index (χ0) is 8.57. The number of hydrogen-bond acceptors (Lipinski definition) is 4. The highest BCUT2D eigenvalue weighted by atomic mass is 32.1. The smallest absolute Gasteiger partial charge is 0.128 e. The Hall–Kier alpha value is 0.120. The van der Waals surface area contributed by atoms with Crippen LogP contribution in [0.25, 0.3) is 0 Å². The Morgan fingerprint density at radius 3 is 1.70 bits per heavy atom. The molecule has 0 aromatic heterocycles. The lowest BCUT2D eigenvalue weighted by Crippen LogP contribution is -2.15. The molecule has 0 amide bonds. The van der Waals surface area contributed by atoms with Crippen LogP contribution in [0, 0.1) is 0 Å². The van der Waals surface area contributed by atoms with Crippen LogP contribution >= 0.6 is 24.8 Å². The zero-order valence-electron chi connectivity index (χ0n) is 5.27. The van der Waals surface area contributed by atoms with Crippen molar-refractivity contribution in [3.8, 4) is 0 Å². The summed E-state index contributed by atoms with van der Waals surface area (Å²) in [5.41, 5.74) is 4.71. The van der Waals surface area contributed by atoms with Crippen molar-refractivity contribution in [1.29, 1.82) is 0 Å². The molecule has 0 rings (SSSR count). The Morgan fingerprint density at radius 1 is 1.50 bits per heavy atom. The highest BCUT2D eigenvalue weighted by molar-refractivity contribution is 8.10. The summed E-state index contributed by atoms with van der Waals surface area (Å²) in [7, 11) is 0. The molecule has 4 nitrogen and oxygen atoms in total. The topological polar surface area (TPSA) is 86.7 Å². The summed E-state index contributed by atoms with van der Waals surface area (Å²) >= 11 is 7.65. The van der Waals surface area contributed by atoms with Gasteiger partial charge >= 0.3 is 0 Å². The van der Waals surface area contributed by atoms with Crippen LogP contribution in [0.3, 0.4) is 0 Å². The van der Waals surface area contributed by atoms with Gasteiger partial charge in [-0.1, -0.05) is 12.2 Å². The van der Waals surface area contributed by atoms with Crippen molar-refractivity contribution in [2.75, 3.05) is 13.2 Å². The normalized spacial score (nSPS) is 8.50. The molecule has 0 unspecified atom stereocenters. The van der Waals surface area contributed by atoms with E-state index in [2.05, 4.69) is 24.8 Å². The monoisotopic (exact) mass is 185 g/mol. The van der Waals surface area contributed by atoms with Crippen LogP contribution in [-0.4, -0.2) is 39.0 Å². The molecule has 0 radical (unpaired) electrons. The SMILES string of the molecule is NC(=S)S.OCC(O)CO. The average molecular weight is 185 g/mol. The highest BCUT2D eigenvalue weighted by Gasteiger charge is 1.93. The number of aliphatic hydroxyl groups is 3. The summed E-state index contributed by atoms with van der Waals surface area (Å²) in [5.74, 6) is 0. The van der Waals surface area contributed by atoms with Gasteiger partial charge in [0.25, 0.3) is 0 Å². The predicted octanol–water partition coefficient (Wildman–Crippen LogP) is -1.51. The Bertz CT molecular complexity index is 82.6. The Kier molecular flexibility index (Phi) is 11.6. The summed E-state index contributed by atoms with van der Waals surface area (Å²) in [6, 6.07) is 0. The second-order valence-electron chi connectivity index (χ2n) is 1.36. The molecule has 0 fully saturated rings. The maximum atomic E-state index is 8.17. The third-order valence-corrected chi connectivity index (χ3v) is 0.421. The molecule has 0 aliphatic rings. The minimum atomic E-state index is -0.954. The number of rotatable bonds is 2. The van der Waals surface area contributed by atoms with E-state index in [1.807, 2.05) is 0 Å². The zero-order valence-corrected chi connectivity index (χ0v) is 6.98. The van der Waals surface area contributed by atoms with Gasteiger partial charge in [0.2, 0.25) is 0 Å². The first-order chi connectivity index (χ1) is 4.54. The van der Waals surface area contributed by atoms with Crippen LogP contribution < -0.4 is 5.73 Å². The van der Waals surface area contributed by atoms with E-state index >= 15 is 0 Å². The van der Waals surface area contributed by atoms with Gasteiger partial charge in [0.05, 0.1) is 13.2 Å². The van der Waals surface area contributed by atoms with E-state index in [0.717, 1.165) is 0 Å². The summed E-state index contributed by atoms with van der Waals surface area (Å²) in [6.45, 7) is -0.729. The van der Waals surface area contributed by atoms with Gasteiger partial charge < -0.3 is 21.1 Å². The molecule has 0 aromatic rings. The number of thiol groups is 1. The largest absolute Gasteiger partial charge is 0.394 e. The molecule has 0 aliphatic carbocycles. The molecule has 0 saturated heterocycles. The van der Waals surface area contributed by atoms with Crippen molar-refractivity contribution in [1.82, 2.24) is 0 Å². The van der Waals surface area contributed by atoms with Gasteiger partial charge in [-0.15, -0.1) is 12.6 Å². The predicted molar refractivity (Wildman–Crippen MR) is 45.9 cm³/mol. The van der Waals surface area contributed by atoms with Crippen molar-refractivity contribution in [2.45, 2.75) is 6.10 Å². The first-order valence-electron chi connectivity index (χ1n) is 2.42. The van der Waals surface area contributed by atoms with Crippen LogP contribution in [0.15, 0.2) is 0 Å². The molecule has 0 spiro atoms. The number of nitrogens with two attached hydrogens (primary N) is 1. The fourth-order valence-electron chi connectivity index (χ4n) is 0.0577. The van der Waals surface area contributed by atoms with Crippen LogP contribution in [-0.2, 0) is 0 Å². The highest BCUT2D eigenvalue weighted by Crippen LogP contribution is 1.71. The number of hydrogen-bond donors (Lipinski definition) is 5. The summed E-state index contributed by atoms with van der Waals surface area (Å²) in [6.07, 6.45) is -0.954.